The molecule has 0 unspecified atom stereocenters. The lowest BCUT2D eigenvalue weighted by molar-refractivity contribution is -0.127. The van der Waals surface area contributed by atoms with E-state index in [0.29, 0.717) is 12.2 Å². The second-order valence-corrected chi connectivity index (χ2v) is 5.32. The molecule has 1 saturated carbocycles. The van der Waals surface area contributed by atoms with Gasteiger partial charge in [0.2, 0.25) is 5.91 Å². The maximum atomic E-state index is 11.8. The monoisotopic (exact) mass is 227 g/mol. The molecule has 16 heavy (non-hydrogen) atoms. The Balaban J connectivity index is 2.28. The predicted molar refractivity (Wildman–Crippen MR) is 65.2 cm³/mol. The fraction of sp³-hybridized carbons (Fsp3) is 0.923. The van der Waals surface area contributed by atoms with Crippen LogP contribution in [0, 0.1) is 5.92 Å². The first-order valence-electron chi connectivity index (χ1n) is 6.45. The van der Waals surface area contributed by atoms with Crippen molar-refractivity contribution in [2.24, 2.45) is 5.92 Å². The van der Waals surface area contributed by atoms with E-state index < -0.39 is 0 Å². The van der Waals surface area contributed by atoms with Crippen LogP contribution in [0.4, 0.5) is 0 Å². The summed E-state index contributed by atoms with van der Waals surface area (Å²) in [6, 6.07) is 0.247. The molecule has 3 heteroatoms. The molecule has 0 saturated heterocycles. The van der Waals surface area contributed by atoms with Gasteiger partial charge in [-0.05, 0) is 53.4 Å². The maximum Gasteiger partial charge on any atom is 0.223 e. The summed E-state index contributed by atoms with van der Waals surface area (Å²) in [6.45, 7) is 8.14. The molecule has 1 aliphatic rings. The molecule has 1 amide bonds. The molecular formula is C13H25NO2. The van der Waals surface area contributed by atoms with Gasteiger partial charge in [-0.2, -0.15) is 0 Å². The van der Waals surface area contributed by atoms with Gasteiger partial charge in [0, 0.05) is 12.0 Å². The van der Waals surface area contributed by atoms with Crippen LogP contribution in [-0.4, -0.2) is 24.2 Å². The van der Waals surface area contributed by atoms with E-state index in [4.69, 9.17) is 4.74 Å². The second kappa shape index (κ2) is 6.24. The van der Waals surface area contributed by atoms with Crippen molar-refractivity contribution in [3.8, 4) is 0 Å². The zero-order valence-corrected chi connectivity index (χ0v) is 11.0. The number of hydrogen-bond donors (Lipinski definition) is 1. The molecule has 94 valence electrons. The number of carbonyl (C=O) groups excluding carboxylic acids is 1. The molecule has 0 aromatic carbocycles. The fourth-order valence-corrected chi connectivity index (χ4v) is 2.25. The molecule has 1 fully saturated rings. The van der Waals surface area contributed by atoms with E-state index in [9.17, 15) is 4.79 Å². The van der Waals surface area contributed by atoms with Crippen molar-refractivity contribution in [3.05, 3.63) is 0 Å². The fourth-order valence-electron chi connectivity index (χ4n) is 2.25. The summed E-state index contributed by atoms with van der Waals surface area (Å²) in [5.74, 6) is 0.424. The molecule has 0 aliphatic heterocycles. The Bertz CT molecular complexity index is 218. The van der Waals surface area contributed by atoms with Crippen LogP contribution in [0.25, 0.3) is 0 Å². The lowest BCUT2D eigenvalue weighted by atomic mass is 9.86. The molecule has 0 spiro atoms. The minimum atomic E-state index is 0.203. The van der Waals surface area contributed by atoms with Crippen LogP contribution in [-0.2, 0) is 9.53 Å². The van der Waals surface area contributed by atoms with Gasteiger partial charge >= 0.3 is 0 Å². The van der Waals surface area contributed by atoms with Crippen molar-refractivity contribution in [2.45, 2.75) is 71.6 Å². The number of carbonyl (C=O) groups is 1. The van der Waals surface area contributed by atoms with Crippen molar-refractivity contribution in [2.75, 3.05) is 0 Å². The highest BCUT2D eigenvalue weighted by Crippen LogP contribution is 2.27. The van der Waals surface area contributed by atoms with Gasteiger partial charge in [-0.25, -0.2) is 0 Å². The summed E-state index contributed by atoms with van der Waals surface area (Å²) in [7, 11) is 0. The normalized spacial score (nSPS) is 26.1. The Morgan fingerprint density at radius 3 is 2.12 bits per heavy atom. The predicted octanol–water partition coefficient (Wildman–Crippen LogP) is 2.49. The van der Waals surface area contributed by atoms with Crippen LogP contribution in [0.1, 0.15) is 53.4 Å². The Kier molecular flexibility index (Phi) is 5.26. The van der Waals surface area contributed by atoms with Gasteiger partial charge in [-0.15, -0.1) is 0 Å². The quantitative estimate of drug-likeness (QED) is 0.801. The van der Waals surface area contributed by atoms with E-state index in [-0.39, 0.29) is 17.9 Å². The van der Waals surface area contributed by atoms with Gasteiger partial charge < -0.3 is 10.1 Å². The van der Waals surface area contributed by atoms with E-state index in [1.807, 2.05) is 13.8 Å². The smallest absolute Gasteiger partial charge is 0.223 e. The highest BCUT2D eigenvalue weighted by molar-refractivity contribution is 5.78. The van der Waals surface area contributed by atoms with E-state index in [1.165, 1.54) is 0 Å². The summed E-state index contributed by atoms with van der Waals surface area (Å²) in [5.41, 5.74) is 0. The molecule has 0 heterocycles. The topological polar surface area (TPSA) is 38.3 Å². The van der Waals surface area contributed by atoms with Crippen LogP contribution >= 0.6 is 0 Å². The Morgan fingerprint density at radius 1 is 1.12 bits per heavy atom. The first-order chi connectivity index (χ1) is 7.49. The van der Waals surface area contributed by atoms with Gasteiger partial charge in [-0.1, -0.05) is 0 Å². The largest absolute Gasteiger partial charge is 0.376 e. The zero-order chi connectivity index (χ0) is 12.1. The van der Waals surface area contributed by atoms with Crippen LogP contribution in [0.3, 0.4) is 0 Å². The van der Waals surface area contributed by atoms with Crippen LogP contribution in [0.5, 0.6) is 0 Å². The summed E-state index contributed by atoms with van der Waals surface area (Å²) in [4.78, 5) is 11.8. The minimum Gasteiger partial charge on any atom is -0.376 e. The van der Waals surface area contributed by atoms with E-state index in [0.717, 1.165) is 25.7 Å². The van der Waals surface area contributed by atoms with E-state index >= 15 is 0 Å². The lowest BCUT2D eigenvalue weighted by Gasteiger charge is -2.29. The minimum absolute atomic E-state index is 0.203. The Labute approximate surface area is 98.9 Å². The average Bonchev–Trinajstić information content (AvgIpc) is 2.16. The van der Waals surface area contributed by atoms with E-state index in [2.05, 4.69) is 19.2 Å². The molecule has 0 aromatic rings. The van der Waals surface area contributed by atoms with Crippen LogP contribution in [0.15, 0.2) is 0 Å². The lowest BCUT2D eigenvalue weighted by Crippen LogP contribution is -2.38. The third-order valence-electron chi connectivity index (χ3n) is 2.94. The van der Waals surface area contributed by atoms with Crippen molar-refractivity contribution >= 4 is 5.91 Å². The molecular weight excluding hydrogens is 202 g/mol. The molecule has 3 nitrogen and oxygen atoms in total. The van der Waals surface area contributed by atoms with Gasteiger partial charge in [0.25, 0.3) is 0 Å². The third-order valence-corrected chi connectivity index (χ3v) is 2.94. The number of hydrogen-bond acceptors (Lipinski definition) is 2. The molecule has 1 aliphatic carbocycles. The first kappa shape index (κ1) is 13.5. The van der Waals surface area contributed by atoms with Gasteiger partial charge in [-0.3, -0.25) is 4.79 Å². The summed E-state index contributed by atoms with van der Waals surface area (Å²) >= 11 is 0. The summed E-state index contributed by atoms with van der Waals surface area (Å²) < 4.78 is 5.77. The highest BCUT2D eigenvalue weighted by Gasteiger charge is 2.27. The van der Waals surface area contributed by atoms with Crippen LogP contribution < -0.4 is 5.32 Å². The van der Waals surface area contributed by atoms with Crippen LogP contribution in [0.2, 0.25) is 0 Å². The Hall–Kier alpha value is -0.570. The number of rotatable bonds is 4. The van der Waals surface area contributed by atoms with Crippen molar-refractivity contribution in [1.82, 2.24) is 5.32 Å². The van der Waals surface area contributed by atoms with Crippen molar-refractivity contribution < 1.29 is 9.53 Å². The average molecular weight is 227 g/mol. The standard InChI is InChI=1S/C13H25NO2/c1-9(2)14-13(15)11-5-7-12(8-6-11)16-10(3)4/h9-12H,5-8H2,1-4H3,(H,14,15). The summed E-state index contributed by atoms with van der Waals surface area (Å²) in [5, 5.41) is 2.99. The first-order valence-corrected chi connectivity index (χ1v) is 6.45. The zero-order valence-electron chi connectivity index (χ0n) is 11.0. The maximum absolute atomic E-state index is 11.8. The SMILES string of the molecule is CC(C)NC(=O)C1CCC(OC(C)C)CC1. The number of ether oxygens (including phenoxy) is 1. The van der Waals surface area contributed by atoms with Gasteiger partial charge in [0.05, 0.1) is 12.2 Å². The second-order valence-electron chi connectivity index (χ2n) is 5.32. The number of amides is 1. The molecule has 0 bridgehead atoms. The molecule has 0 radical (unpaired) electrons. The Morgan fingerprint density at radius 2 is 1.69 bits per heavy atom. The van der Waals surface area contributed by atoms with Crippen molar-refractivity contribution in [1.29, 1.82) is 0 Å². The number of nitrogens with one attached hydrogen (secondary N) is 1. The third kappa shape index (κ3) is 4.52. The molecule has 0 atom stereocenters. The molecule has 1 rings (SSSR count). The van der Waals surface area contributed by atoms with Crippen molar-refractivity contribution in [3.63, 3.8) is 0 Å². The highest BCUT2D eigenvalue weighted by atomic mass is 16.5. The molecule has 0 aromatic heterocycles. The molecule has 1 N–H and O–H groups in total. The van der Waals surface area contributed by atoms with E-state index in [1.54, 1.807) is 0 Å². The van der Waals surface area contributed by atoms with Gasteiger partial charge in [0.15, 0.2) is 0 Å². The summed E-state index contributed by atoms with van der Waals surface area (Å²) in [6.07, 6.45) is 4.64. The van der Waals surface area contributed by atoms with Gasteiger partial charge in [0.1, 0.15) is 0 Å².